The van der Waals surface area contributed by atoms with Gasteiger partial charge in [0.15, 0.2) is 0 Å². The summed E-state index contributed by atoms with van der Waals surface area (Å²) in [7, 11) is 2.81. The van der Waals surface area contributed by atoms with Gasteiger partial charge in [-0.2, -0.15) is 0 Å². The van der Waals surface area contributed by atoms with E-state index in [0.717, 1.165) is 86.5 Å². The first-order valence-electron chi connectivity index (χ1n) is 20.4. The molecule has 2 amide bonds. The second kappa shape index (κ2) is 25.6. The van der Waals surface area contributed by atoms with Crippen molar-refractivity contribution in [1.82, 2.24) is 30.0 Å². The Kier molecular flexibility index (Phi) is 20.7. The molecular formula is C46H63FN8O4. The number of nitrogens with one attached hydrogen (secondary N) is 2. The van der Waals surface area contributed by atoms with E-state index < -0.39 is 0 Å². The van der Waals surface area contributed by atoms with Gasteiger partial charge in [-0.3, -0.25) is 24.3 Å². The summed E-state index contributed by atoms with van der Waals surface area (Å²) in [6, 6.07) is 24.3. The molecule has 0 unspecified atom stereocenters. The van der Waals surface area contributed by atoms with Crippen LogP contribution in [0.15, 0.2) is 90.2 Å². The van der Waals surface area contributed by atoms with Crippen molar-refractivity contribution in [3.63, 3.8) is 0 Å². The average Bonchev–Trinajstić information content (AvgIpc) is 4.09. The van der Waals surface area contributed by atoms with Gasteiger partial charge in [0.1, 0.15) is 11.6 Å². The maximum atomic E-state index is 15.4. The van der Waals surface area contributed by atoms with Crippen molar-refractivity contribution in [1.29, 1.82) is 0 Å². The Balaban J connectivity index is 0.000000407. The predicted octanol–water partition coefficient (Wildman–Crippen LogP) is 7.62. The standard InChI is InChI=1S/C31H35FN6O2.C12H19N.C2H4O2.CH5N/c1-3-30(40)38-15-4-6-24(38)17-34-28(18-33-2)25-13-12-23(16-26(25)32)21-8-10-22(11-9-21)27-19-35-31(36-27)29-7-5-14-37(29)20-39;1-4-13(5-2)11(3)12-9-7-6-8-10-12;1-4-2-3;1-2/h8-13,16,18-20,24,29,34H,2-7,14-15,17H2,1H3,(H,35,36);6-11H,4-5H2,1-3H3;2H,1H3;2H2,1H3/b28-18-;;;/t24-,29-;11-;;/m00../s1. The molecule has 0 saturated carbocycles. The van der Waals surface area contributed by atoms with Crippen LogP contribution in [0.3, 0.4) is 0 Å². The van der Waals surface area contributed by atoms with E-state index in [9.17, 15) is 9.59 Å². The number of aromatic nitrogens is 2. The second-order valence-corrected chi connectivity index (χ2v) is 13.9. The van der Waals surface area contributed by atoms with Gasteiger partial charge in [-0.15, -0.1) is 0 Å². The number of H-pyrrole nitrogens is 1. The van der Waals surface area contributed by atoms with Crippen molar-refractivity contribution in [2.45, 2.75) is 77.9 Å². The SMILES string of the molecule is C=N/C=C(\NC[C@@H]1CCCN1C(=O)CC)c1ccc(-c2ccc(-c3cnc([C@@H]4CCCN4C=O)[nH]3)cc2)cc1F.CCN(CC)[C@@H](C)c1ccccc1.CN.COC=O. The van der Waals surface area contributed by atoms with E-state index in [1.54, 1.807) is 17.2 Å². The van der Waals surface area contributed by atoms with Crippen LogP contribution in [-0.4, -0.2) is 103 Å². The molecule has 3 heterocycles. The van der Waals surface area contributed by atoms with Crippen LogP contribution in [-0.2, 0) is 19.1 Å². The van der Waals surface area contributed by atoms with Gasteiger partial charge in [0, 0.05) is 49.9 Å². The monoisotopic (exact) mass is 810 g/mol. The number of likely N-dealkylation sites (tertiary alicyclic amines) is 2. The highest BCUT2D eigenvalue weighted by atomic mass is 19.1. The third-order valence-corrected chi connectivity index (χ3v) is 10.6. The molecule has 2 aliphatic rings. The number of halogens is 1. The number of benzene rings is 3. The van der Waals surface area contributed by atoms with Gasteiger partial charge in [0.2, 0.25) is 12.3 Å². The Labute approximate surface area is 349 Å². The lowest BCUT2D eigenvalue weighted by Crippen LogP contribution is -2.41. The van der Waals surface area contributed by atoms with Gasteiger partial charge in [0.25, 0.3) is 6.47 Å². The minimum absolute atomic E-state index is 0.00679. The summed E-state index contributed by atoms with van der Waals surface area (Å²) in [6.07, 6.45) is 8.44. The van der Waals surface area contributed by atoms with Crippen molar-refractivity contribution in [2.75, 3.05) is 46.9 Å². The Hall–Kier alpha value is -5.66. The summed E-state index contributed by atoms with van der Waals surface area (Å²) in [5.41, 5.74) is 10.3. The molecule has 12 nitrogen and oxygen atoms in total. The minimum atomic E-state index is -0.369. The molecule has 2 saturated heterocycles. The summed E-state index contributed by atoms with van der Waals surface area (Å²) in [5, 5.41) is 3.30. The topological polar surface area (TPSA) is 149 Å². The average molecular weight is 811 g/mol. The van der Waals surface area contributed by atoms with E-state index in [2.05, 4.69) is 93.5 Å². The van der Waals surface area contributed by atoms with Gasteiger partial charge in [-0.05, 0) is 93.8 Å². The predicted molar refractivity (Wildman–Crippen MR) is 236 cm³/mol. The number of hydrogen-bond acceptors (Lipinski definition) is 9. The molecule has 2 aliphatic heterocycles. The summed E-state index contributed by atoms with van der Waals surface area (Å²) in [5.74, 6) is 0.571. The third kappa shape index (κ3) is 13.4. The van der Waals surface area contributed by atoms with E-state index in [4.69, 9.17) is 4.79 Å². The number of ether oxygens (including phenoxy) is 1. The van der Waals surface area contributed by atoms with Gasteiger partial charge in [-0.1, -0.05) is 81.4 Å². The molecule has 4 aromatic rings. The van der Waals surface area contributed by atoms with Crippen molar-refractivity contribution in [3.8, 4) is 22.4 Å². The molecule has 0 spiro atoms. The number of carbonyl (C=O) groups excluding carboxylic acids is 3. The van der Waals surface area contributed by atoms with E-state index in [1.165, 1.54) is 32.0 Å². The molecular weight excluding hydrogens is 748 g/mol. The molecule has 59 heavy (non-hydrogen) atoms. The van der Waals surface area contributed by atoms with E-state index in [-0.39, 0.29) is 23.8 Å². The quantitative estimate of drug-likeness (QED) is 0.0821. The smallest absolute Gasteiger partial charge is 0.292 e. The first kappa shape index (κ1) is 47.7. The molecule has 0 aliphatic carbocycles. The van der Waals surface area contributed by atoms with Crippen LogP contribution in [0.4, 0.5) is 4.39 Å². The van der Waals surface area contributed by atoms with Gasteiger partial charge in [-0.25, -0.2) is 9.37 Å². The fourth-order valence-electron chi connectivity index (χ4n) is 7.44. The van der Waals surface area contributed by atoms with E-state index in [0.29, 0.717) is 36.7 Å². The fraction of sp³-hybridized carbons (Fsp3) is 0.413. The Morgan fingerprint density at radius 3 is 2.25 bits per heavy atom. The molecule has 1 aromatic heterocycles. The molecule has 4 N–H and O–H groups in total. The zero-order valence-corrected chi connectivity index (χ0v) is 35.6. The molecule has 0 radical (unpaired) electrons. The lowest BCUT2D eigenvalue weighted by molar-refractivity contribution is -0.131. The Bertz CT molecular complexity index is 1900. The zero-order valence-electron chi connectivity index (χ0n) is 35.6. The number of nitrogens with two attached hydrogens (primary N) is 1. The molecule has 13 heteroatoms. The van der Waals surface area contributed by atoms with Gasteiger partial charge >= 0.3 is 0 Å². The van der Waals surface area contributed by atoms with Crippen LogP contribution in [0, 0.1) is 5.82 Å². The number of hydrogen-bond donors (Lipinski definition) is 3. The van der Waals surface area contributed by atoms with Crippen LogP contribution < -0.4 is 11.1 Å². The number of imidazole rings is 1. The first-order chi connectivity index (χ1) is 28.7. The van der Waals surface area contributed by atoms with Crippen LogP contribution in [0.25, 0.3) is 28.1 Å². The lowest BCUT2D eigenvalue weighted by atomic mass is 10.0. The number of aliphatic imine (C=N–C) groups is 1. The van der Waals surface area contributed by atoms with Crippen LogP contribution >= 0.6 is 0 Å². The van der Waals surface area contributed by atoms with Crippen molar-refractivity contribution in [3.05, 3.63) is 108 Å². The largest absolute Gasteiger partial charge is 0.471 e. The molecule has 2 fully saturated rings. The van der Waals surface area contributed by atoms with Crippen molar-refractivity contribution >= 4 is 31.2 Å². The van der Waals surface area contributed by atoms with Crippen LogP contribution in [0.1, 0.15) is 88.8 Å². The number of aromatic amines is 1. The maximum absolute atomic E-state index is 15.4. The highest BCUT2D eigenvalue weighted by molar-refractivity contribution is 5.76. The number of rotatable bonds is 15. The fourth-order valence-corrected chi connectivity index (χ4v) is 7.44. The molecule has 6 rings (SSSR count). The zero-order chi connectivity index (χ0) is 43.2. The molecule has 318 valence electrons. The third-order valence-electron chi connectivity index (χ3n) is 10.6. The van der Waals surface area contributed by atoms with Crippen molar-refractivity contribution in [2.24, 2.45) is 10.7 Å². The maximum Gasteiger partial charge on any atom is 0.292 e. The van der Waals surface area contributed by atoms with Gasteiger partial charge < -0.3 is 30.6 Å². The highest BCUT2D eigenvalue weighted by Gasteiger charge is 2.28. The lowest BCUT2D eigenvalue weighted by Gasteiger charge is -2.26. The number of amides is 2. The van der Waals surface area contributed by atoms with E-state index in [1.807, 2.05) is 42.2 Å². The Morgan fingerprint density at radius 2 is 1.66 bits per heavy atom. The minimum Gasteiger partial charge on any atom is -0.471 e. The first-order valence-corrected chi connectivity index (χ1v) is 20.4. The summed E-state index contributed by atoms with van der Waals surface area (Å²) >= 11 is 0. The normalized spacial score (nSPS) is 16.4. The molecule has 3 atom stereocenters. The summed E-state index contributed by atoms with van der Waals surface area (Å²) in [4.78, 5) is 50.4. The summed E-state index contributed by atoms with van der Waals surface area (Å²) in [6.45, 7) is 16.8. The Morgan fingerprint density at radius 1 is 1.02 bits per heavy atom. The van der Waals surface area contributed by atoms with E-state index >= 15 is 4.39 Å². The van der Waals surface area contributed by atoms with Crippen molar-refractivity contribution < 1.29 is 23.5 Å². The molecule has 0 bridgehead atoms. The van der Waals surface area contributed by atoms with Crippen LogP contribution in [0.2, 0.25) is 0 Å². The number of carbonyl (C=O) groups is 3. The highest BCUT2D eigenvalue weighted by Crippen LogP contribution is 2.32. The molecule has 3 aromatic carbocycles. The van der Waals surface area contributed by atoms with Crippen LogP contribution in [0.5, 0.6) is 0 Å². The summed E-state index contributed by atoms with van der Waals surface area (Å²) < 4.78 is 19.2. The van der Waals surface area contributed by atoms with Gasteiger partial charge in [0.05, 0.1) is 30.7 Å². The second-order valence-electron chi connectivity index (χ2n) is 13.9. The number of methoxy groups -OCH3 is 1. The number of nitrogens with zero attached hydrogens (tertiary/aromatic N) is 5.